The van der Waals surface area contributed by atoms with Crippen molar-refractivity contribution in [2.75, 3.05) is 11.9 Å². The average Bonchev–Trinajstić information content (AvgIpc) is 2.80. The van der Waals surface area contributed by atoms with E-state index >= 15 is 0 Å². The molecule has 0 spiro atoms. The summed E-state index contributed by atoms with van der Waals surface area (Å²) < 4.78 is 26.5. The van der Waals surface area contributed by atoms with Crippen LogP contribution in [0.4, 0.5) is 5.69 Å². The molecule has 2 aromatic rings. The van der Waals surface area contributed by atoms with Crippen LogP contribution in [0.5, 0.6) is 0 Å². The van der Waals surface area contributed by atoms with Crippen LogP contribution in [0, 0.1) is 0 Å². The van der Waals surface area contributed by atoms with Crippen molar-refractivity contribution in [1.82, 2.24) is 4.72 Å². The smallest absolute Gasteiger partial charge is 0.263 e. The molecule has 3 rings (SSSR count). The maximum Gasteiger partial charge on any atom is 0.263 e. The zero-order chi connectivity index (χ0) is 17.2. The predicted molar refractivity (Wildman–Crippen MR) is 92.6 cm³/mol. The minimum Gasteiger partial charge on any atom is -0.326 e. The number of hydrogen-bond donors (Lipinski definition) is 2. The third-order valence-corrected chi connectivity index (χ3v) is 5.00. The minimum atomic E-state index is -3.49. The van der Waals surface area contributed by atoms with E-state index in [4.69, 9.17) is 0 Å². The first-order chi connectivity index (χ1) is 11.5. The van der Waals surface area contributed by atoms with E-state index < -0.39 is 10.0 Å². The van der Waals surface area contributed by atoms with Gasteiger partial charge in [0.15, 0.2) is 0 Å². The molecule has 1 aliphatic rings. The normalized spacial score (nSPS) is 16.5. The van der Waals surface area contributed by atoms with Gasteiger partial charge in [-0.2, -0.15) is 0 Å². The Morgan fingerprint density at radius 3 is 2.54 bits per heavy atom. The first-order valence-corrected chi connectivity index (χ1v) is 8.97. The van der Waals surface area contributed by atoms with Crippen molar-refractivity contribution in [2.24, 2.45) is 4.99 Å². The molecule has 1 heterocycles. The Balaban J connectivity index is 1.68. The second-order valence-corrected chi connectivity index (χ2v) is 7.11. The maximum absolute atomic E-state index is 12.0. The fourth-order valence-electron chi connectivity index (χ4n) is 2.51. The van der Waals surface area contributed by atoms with Gasteiger partial charge in [0.25, 0.3) is 10.0 Å². The molecule has 2 aromatic carbocycles. The topological polar surface area (TPSA) is 87.6 Å². The van der Waals surface area contributed by atoms with Crippen molar-refractivity contribution >= 4 is 27.5 Å². The van der Waals surface area contributed by atoms with Crippen molar-refractivity contribution in [3.05, 3.63) is 59.7 Å². The van der Waals surface area contributed by atoms with E-state index in [0.29, 0.717) is 24.4 Å². The SMILES string of the molecule is CC(=O)Nc1ccc(CCN=C2NS(=O)(=O)c3ccccc32)cc1. The summed E-state index contributed by atoms with van der Waals surface area (Å²) >= 11 is 0. The van der Waals surface area contributed by atoms with Gasteiger partial charge in [-0.15, -0.1) is 0 Å². The molecular formula is C17H17N3O3S. The van der Waals surface area contributed by atoms with Crippen molar-refractivity contribution in [3.63, 3.8) is 0 Å². The first-order valence-electron chi connectivity index (χ1n) is 7.49. The van der Waals surface area contributed by atoms with Crippen molar-refractivity contribution in [1.29, 1.82) is 0 Å². The molecule has 0 bridgehead atoms. The number of carbonyl (C=O) groups excluding carboxylic acids is 1. The molecule has 0 saturated heterocycles. The fraction of sp³-hybridized carbons (Fsp3) is 0.176. The zero-order valence-electron chi connectivity index (χ0n) is 13.1. The standard InChI is InChI=1S/C17H17N3O3S/c1-12(21)19-14-8-6-13(7-9-14)10-11-18-17-15-4-2-3-5-16(15)24(22,23)20-17/h2-9H,10-11H2,1H3,(H,18,20)(H,19,21). The monoisotopic (exact) mass is 343 g/mol. The summed E-state index contributed by atoms with van der Waals surface area (Å²) in [6.07, 6.45) is 0.674. The quantitative estimate of drug-likeness (QED) is 0.889. The molecule has 6 nitrogen and oxygen atoms in total. The molecule has 0 atom stereocenters. The van der Waals surface area contributed by atoms with Crippen molar-refractivity contribution in [2.45, 2.75) is 18.2 Å². The Morgan fingerprint density at radius 2 is 1.83 bits per heavy atom. The van der Waals surface area contributed by atoms with E-state index in [1.165, 1.54) is 6.92 Å². The molecule has 0 saturated carbocycles. The van der Waals surface area contributed by atoms with Gasteiger partial charge in [-0.05, 0) is 36.2 Å². The Labute approximate surface area is 140 Å². The minimum absolute atomic E-state index is 0.110. The second kappa shape index (κ2) is 6.45. The number of aliphatic imine (C=N–C) groups is 1. The van der Waals surface area contributed by atoms with E-state index in [-0.39, 0.29) is 10.8 Å². The Morgan fingerprint density at radius 1 is 1.12 bits per heavy atom. The van der Waals surface area contributed by atoms with Crippen LogP contribution >= 0.6 is 0 Å². The van der Waals surface area contributed by atoms with E-state index in [1.54, 1.807) is 24.3 Å². The third kappa shape index (κ3) is 3.46. The predicted octanol–water partition coefficient (Wildman–Crippen LogP) is 1.93. The van der Waals surface area contributed by atoms with Crippen LogP contribution in [-0.2, 0) is 21.2 Å². The van der Waals surface area contributed by atoms with Gasteiger partial charge in [0.2, 0.25) is 5.91 Å². The molecule has 0 unspecified atom stereocenters. The maximum atomic E-state index is 12.0. The highest BCUT2D eigenvalue weighted by Crippen LogP contribution is 2.22. The molecule has 24 heavy (non-hydrogen) atoms. The van der Waals surface area contributed by atoms with Crippen LogP contribution in [-0.4, -0.2) is 26.7 Å². The lowest BCUT2D eigenvalue weighted by Crippen LogP contribution is -2.22. The number of rotatable bonds is 4. The zero-order valence-corrected chi connectivity index (χ0v) is 13.9. The number of amidine groups is 1. The largest absolute Gasteiger partial charge is 0.326 e. The van der Waals surface area contributed by atoms with Crippen LogP contribution in [0.25, 0.3) is 0 Å². The van der Waals surface area contributed by atoms with E-state index in [0.717, 1.165) is 11.3 Å². The Hall–Kier alpha value is -2.67. The van der Waals surface area contributed by atoms with Gasteiger partial charge in [-0.1, -0.05) is 24.3 Å². The van der Waals surface area contributed by atoms with Gasteiger partial charge >= 0.3 is 0 Å². The molecule has 0 radical (unpaired) electrons. The van der Waals surface area contributed by atoms with Crippen LogP contribution in [0.3, 0.4) is 0 Å². The number of hydrogen-bond acceptors (Lipinski definition) is 4. The van der Waals surface area contributed by atoms with E-state index in [9.17, 15) is 13.2 Å². The van der Waals surface area contributed by atoms with E-state index in [1.807, 2.05) is 24.3 Å². The lowest BCUT2D eigenvalue weighted by molar-refractivity contribution is -0.114. The molecule has 7 heteroatoms. The number of nitrogens with one attached hydrogen (secondary N) is 2. The number of carbonyl (C=O) groups is 1. The summed E-state index contributed by atoms with van der Waals surface area (Å²) in [5.41, 5.74) is 2.41. The summed E-state index contributed by atoms with van der Waals surface area (Å²) in [6.45, 7) is 1.93. The molecule has 124 valence electrons. The lowest BCUT2D eigenvalue weighted by Gasteiger charge is -2.04. The molecule has 1 amide bonds. The number of benzene rings is 2. The number of fused-ring (bicyclic) bond motifs is 1. The number of sulfonamides is 1. The van der Waals surface area contributed by atoms with Crippen LogP contribution in [0.1, 0.15) is 18.1 Å². The fourth-order valence-corrected chi connectivity index (χ4v) is 3.76. The van der Waals surface area contributed by atoms with Gasteiger partial charge < -0.3 is 5.32 Å². The van der Waals surface area contributed by atoms with Crippen molar-refractivity contribution in [3.8, 4) is 0 Å². The van der Waals surface area contributed by atoms with Gasteiger partial charge in [0.05, 0.1) is 4.90 Å². The number of nitrogens with zero attached hydrogens (tertiary/aromatic N) is 1. The van der Waals surface area contributed by atoms with Gasteiger partial charge in [-0.3, -0.25) is 14.5 Å². The molecular weight excluding hydrogens is 326 g/mol. The molecule has 1 aliphatic heterocycles. The highest BCUT2D eigenvalue weighted by atomic mass is 32.2. The van der Waals surface area contributed by atoms with Gasteiger partial charge in [0, 0.05) is 24.7 Å². The molecule has 0 fully saturated rings. The van der Waals surface area contributed by atoms with Crippen LogP contribution < -0.4 is 10.0 Å². The van der Waals surface area contributed by atoms with E-state index in [2.05, 4.69) is 15.0 Å². The summed E-state index contributed by atoms with van der Waals surface area (Å²) in [5, 5.41) is 2.71. The Kier molecular flexibility index (Phi) is 4.35. The van der Waals surface area contributed by atoms with Gasteiger partial charge in [0.1, 0.15) is 5.84 Å². The van der Waals surface area contributed by atoms with Gasteiger partial charge in [-0.25, -0.2) is 8.42 Å². The highest BCUT2D eigenvalue weighted by Gasteiger charge is 2.29. The summed E-state index contributed by atoms with van der Waals surface area (Å²) in [7, 11) is -3.49. The molecule has 2 N–H and O–H groups in total. The van der Waals surface area contributed by atoms with Crippen LogP contribution in [0.2, 0.25) is 0 Å². The Bertz CT molecular complexity index is 903. The number of amides is 1. The first kappa shape index (κ1) is 16.2. The second-order valence-electron chi connectivity index (χ2n) is 5.46. The molecule has 0 aliphatic carbocycles. The lowest BCUT2D eigenvalue weighted by atomic mass is 10.1. The average molecular weight is 343 g/mol. The van der Waals surface area contributed by atoms with Crippen molar-refractivity contribution < 1.29 is 13.2 Å². The highest BCUT2D eigenvalue weighted by molar-refractivity contribution is 7.90. The molecule has 0 aromatic heterocycles. The van der Waals surface area contributed by atoms with Crippen LogP contribution in [0.15, 0.2) is 58.4 Å². The third-order valence-electron chi connectivity index (χ3n) is 3.61. The summed E-state index contributed by atoms with van der Waals surface area (Å²) in [4.78, 5) is 15.6. The summed E-state index contributed by atoms with van der Waals surface area (Å²) in [6, 6.07) is 14.3. The number of anilines is 1. The summed E-state index contributed by atoms with van der Waals surface area (Å²) in [5.74, 6) is 0.279.